The van der Waals surface area contributed by atoms with E-state index in [9.17, 15) is 9.18 Å². The second-order valence-corrected chi connectivity index (χ2v) is 6.64. The van der Waals surface area contributed by atoms with E-state index in [0.717, 1.165) is 22.9 Å². The van der Waals surface area contributed by atoms with Crippen molar-refractivity contribution >= 4 is 31.8 Å². The van der Waals surface area contributed by atoms with E-state index in [2.05, 4.69) is 9.97 Å². The Morgan fingerprint density at radius 1 is 1.08 bits per heavy atom. The molecule has 5 rings (SSSR count). The smallest absolute Gasteiger partial charge is 0.356 e. The maximum atomic E-state index is 13.4. The Morgan fingerprint density at radius 2 is 1.92 bits per heavy atom. The maximum absolute atomic E-state index is 13.4. The van der Waals surface area contributed by atoms with Crippen molar-refractivity contribution in [2.24, 2.45) is 0 Å². The van der Waals surface area contributed by atoms with Crippen LogP contribution in [0.15, 0.2) is 68.8 Å². The van der Waals surface area contributed by atoms with Gasteiger partial charge < -0.3 is 8.83 Å². The third kappa shape index (κ3) is 2.25. The highest BCUT2D eigenvalue weighted by Gasteiger charge is 2.18. The van der Waals surface area contributed by atoms with E-state index in [1.165, 1.54) is 23.5 Å². The molecule has 0 spiro atoms. The first-order valence-electron chi connectivity index (χ1n) is 7.71. The number of nitrogens with zero attached hydrogens (tertiary/aromatic N) is 2. The Kier molecular flexibility index (Phi) is 3.23. The molecule has 0 unspecified atom stereocenters. The molecule has 0 aliphatic heterocycles. The van der Waals surface area contributed by atoms with Gasteiger partial charge in [0.1, 0.15) is 26.6 Å². The van der Waals surface area contributed by atoms with Gasteiger partial charge in [-0.1, -0.05) is 12.1 Å². The van der Waals surface area contributed by atoms with Gasteiger partial charge >= 0.3 is 5.63 Å². The molecule has 4 heterocycles. The maximum Gasteiger partial charge on any atom is 0.356 e. The highest BCUT2D eigenvalue weighted by Crippen LogP contribution is 2.39. The molecule has 7 heteroatoms. The van der Waals surface area contributed by atoms with Gasteiger partial charge in [-0.3, -0.25) is 0 Å². The first-order valence-corrected chi connectivity index (χ1v) is 8.53. The zero-order chi connectivity index (χ0) is 17.7. The van der Waals surface area contributed by atoms with Crippen LogP contribution in [0.1, 0.15) is 0 Å². The highest BCUT2D eigenvalue weighted by molar-refractivity contribution is 7.25. The van der Waals surface area contributed by atoms with Crippen LogP contribution in [-0.2, 0) is 0 Å². The number of benzene rings is 1. The van der Waals surface area contributed by atoms with Crippen molar-refractivity contribution in [3.63, 3.8) is 0 Å². The number of halogens is 1. The second-order valence-electron chi connectivity index (χ2n) is 5.64. The van der Waals surface area contributed by atoms with Crippen LogP contribution in [0.5, 0.6) is 0 Å². The van der Waals surface area contributed by atoms with Crippen LogP contribution in [0.2, 0.25) is 0 Å². The van der Waals surface area contributed by atoms with Crippen LogP contribution in [0, 0.1) is 5.82 Å². The van der Waals surface area contributed by atoms with Gasteiger partial charge in [0.25, 0.3) is 0 Å². The molecule has 0 N–H and O–H groups in total. The molecule has 0 fully saturated rings. The van der Waals surface area contributed by atoms with Crippen LogP contribution in [0.4, 0.5) is 4.39 Å². The molecule has 26 heavy (non-hydrogen) atoms. The minimum Gasteiger partial charge on any atom is -0.463 e. The number of hydrogen-bond donors (Lipinski definition) is 0. The summed E-state index contributed by atoms with van der Waals surface area (Å²) < 4.78 is 24.1. The van der Waals surface area contributed by atoms with Crippen molar-refractivity contribution in [3.8, 4) is 22.6 Å². The number of thiophene rings is 1. The van der Waals surface area contributed by atoms with Gasteiger partial charge in [-0.15, -0.1) is 11.3 Å². The largest absolute Gasteiger partial charge is 0.463 e. The summed E-state index contributed by atoms with van der Waals surface area (Å²) in [5.74, 6) is 0.284. The average molecular weight is 364 g/mol. The van der Waals surface area contributed by atoms with Crippen LogP contribution in [0.25, 0.3) is 43.0 Å². The lowest BCUT2D eigenvalue weighted by atomic mass is 10.0. The molecular formula is C19H9FN2O3S. The van der Waals surface area contributed by atoms with Gasteiger partial charge in [0.15, 0.2) is 12.2 Å². The zero-order valence-electron chi connectivity index (χ0n) is 13.1. The number of fused-ring (bicyclic) bond motifs is 3. The molecular weight excluding hydrogens is 355 g/mol. The molecule has 0 aliphatic carbocycles. The zero-order valence-corrected chi connectivity index (χ0v) is 13.9. The van der Waals surface area contributed by atoms with E-state index < -0.39 is 5.63 Å². The minimum atomic E-state index is -0.456. The summed E-state index contributed by atoms with van der Waals surface area (Å²) in [4.78, 5) is 21.6. The standard InChI is InChI=1S/C19H9FN2O3S/c20-11-5-3-10(4-6-11)12-8-13(14-2-1-7-24-14)22-18-15(12)16-17(26-18)19(23)25-9-21-16/h1-9H. The van der Waals surface area contributed by atoms with E-state index in [1.807, 2.05) is 12.1 Å². The lowest BCUT2D eigenvalue weighted by molar-refractivity contribution is 0.502. The van der Waals surface area contributed by atoms with Crippen molar-refractivity contribution in [1.29, 1.82) is 0 Å². The Morgan fingerprint density at radius 3 is 2.69 bits per heavy atom. The van der Waals surface area contributed by atoms with Crippen molar-refractivity contribution in [2.75, 3.05) is 0 Å². The lowest BCUT2D eigenvalue weighted by Gasteiger charge is -2.06. The third-order valence-electron chi connectivity index (χ3n) is 4.09. The van der Waals surface area contributed by atoms with Gasteiger partial charge in [0.05, 0.1) is 6.26 Å². The van der Waals surface area contributed by atoms with Gasteiger partial charge in [0, 0.05) is 5.39 Å². The molecule has 0 bridgehead atoms. The Labute approximate surface area is 149 Å². The number of aromatic nitrogens is 2. The summed E-state index contributed by atoms with van der Waals surface area (Å²) in [6, 6.07) is 11.6. The SMILES string of the molecule is O=c1ocnc2c1sc1nc(-c3ccco3)cc(-c3ccc(F)cc3)c12. The Hall–Kier alpha value is -3.32. The lowest BCUT2D eigenvalue weighted by Crippen LogP contribution is -1.96. The molecule has 0 aliphatic rings. The van der Waals surface area contributed by atoms with Crippen molar-refractivity contribution in [3.05, 3.63) is 71.4 Å². The predicted molar refractivity (Wildman–Crippen MR) is 96.6 cm³/mol. The summed E-state index contributed by atoms with van der Waals surface area (Å²) in [6.45, 7) is 0. The van der Waals surface area contributed by atoms with Crippen LogP contribution in [-0.4, -0.2) is 9.97 Å². The van der Waals surface area contributed by atoms with Crippen molar-refractivity contribution < 1.29 is 13.2 Å². The van der Waals surface area contributed by atoms with E-state index in [0.29, 0.717) is 26.5 Å². The summed E-state index contributed by atoms with van der Waals surface area (Å²) >= 11 is 1.22. The molecule has 0 atom stereocenters. The van der Waals surface area contributed by atoms with Crippen molar-refractivity contribution in [2.45, 2.75) is 0 Å². The Bertz CT molecular complexity index is 1300. The van der Waals surface area contributed by atoms with E-state index in [-0.39, 0.29) is 5.82 Å². The number of rotatable bonds is 2. The first-order chi connectivity index (χ1) is 12.7. The first kappa shape index (κ1) is 15.0. The average Bonchev–Trinajstić information content (AvgIpc) is 3.30. The monoisotopic (exact) mass is 364 g/mol. The summed E-state index contributed by atoms with van der Waals surface area (Å²) in [6.07, 6.45) is 2.70. The highest BCUT2D eigenvalue weighted by atomic mass is 32.1. The van der Waals surface area contributed by atoms with Crippen LogP contribution in [0.3, 0.4) is 0 Å². The van der Waals surface area contributed by atoms with Gasteiger partial charge in [-0.2, -0.15) is 0 Å². The minimum absolute atomic E-state index is 0.320. The molecule has 0 amide bonds. The third-order valence-corrected chi connectivity index (χ3v) is 5.15. The number of furan rings is 1. The van der Waals surface area contributed by atoms with E-state index >= 15 is 0 Å². The molecule has 1 aromatic carbocycles. The quantitative estimate of drug-likeness (QED) is 0.447. The molecule has 0 radical (unpaired) electrons. The summed E-state index contributed by atoms with van der Waals surface area (Å²) in [7, 11) is 0. The predicted octanol–water partition coefficient (Wildman–Crippen LogP) is 4.86. The van der Waals surface area contributed by atoms with E-state index in [4.69, 9.17) is 8.83 Å². The van der Waals surface area contributed by atoms with Gasteiger partial charge in [-0.25, -0.2) is 19.2 Å². The molecule has 0 saturated heterocycles. The van der Waals surface area contributed by atoms with Gasteiger partial charge in [0.2, 0.25) is 0 Å². The molecule has 4 aromatic heterocycles. The summed E-state index contributed by atoms with van der Waals surface area (Å²) in [5, 5.41) is 0.736. The molecule has 126 valence electrons. The fourth-order valence-corrected chi connectivity index (χ4v) is 3.96. The van der Waals surface area contributed by atoms with E-state index in [1.54, 1.807) is 24.5 Å². The number of pyridine rings is 1. The fourth-order valence-electron chi connectivity index (χ4n) is 2.93. The van der Waals surface area contributed by atoms with Gasteiger partial charge in [-0.05, 0) is 41.5 Å². The molecule has 0 saturated carbocycles. The van der Waals surface area contributed by atoms with Crippen LogP contribution >= 0.6 is 11.3 Å². The molecule has 5 nitrogen and oxygen atoms in total. The summed E-state index contributed by atoms with van der Waals surface area (Å²) in [5.41, 5.74) is 2.28. The fraction of sp³-hybridized carbons (Fsp3) is 0. The topological polar surface area (TPSA) is 69.1 Å². The normalized spacial score (nSPS) is 11.4. The van der Waals surface area contributed by atoms with Crippen molar-refractivity contribution in [1.82, 2.24) is 9.97 Å². The Balaban J connectivity index is 1.93. The second kappa shape index (κ2) is 5.60. The van der Waals surface area contributed by atoms with Crippen LogP contribution < -0.4 is 5.63 Å². The molecule has 5 aromatic rings. The number of hydrogen-bond acceptors (Lipinski definition) is 6.